The molecule has 0 radical (unpaired) electrons. The molecular formula is C9H8ClF2N. The van der Waals surface area contributed by atoms with Gasteiger partial charge in [-0.3, -0.25) is 0 Å². The molecule has 13 heavy (non-hydrogen) atoms. The quantitative estimate of drug-likeness (QED) is 0.670. The second-order valence-corrected chi connectivity index (χ2v) is 3.55. The topological polar surface area (TPSA) is 12.9 Å². The maximum Gasteiger partial charge on any atom is 0.266 e. The largest absolute Gasteiger partial charge is 0.266 e. The van der Waals surface area contributed by atoms with Crippen molar-refractivity contribution in [1.29, 1.82) is 0 Å². The van der Waals surface area contributed by atoms with Gasteiger partial charge in [-0.25, -0.2) is 13.8 Å². The second-order valence-electron chi connectivity index (χ2n) is 3.19. The molecule has 0 bridgehead atoms. The summed E-state index contributed by atoms with van der Waals surface area (Å²) in [7, 11) is 0. The molecule has 1 saturated carbocycles. The molecule has 1 aromatic rings. The standard InChI is InChI=1S/C9H8ClF2N/c10-8-6(9(11)12)3-4-7(13-8)5-1-2-5/h3-5,9H,1-2H2. The lowest BCUT2D eigenvalue weighted by Crippen LogP contribution is -1.93. The predicted octanol–water partition coefficient (Wildman–Crippen LogP) is 3.55. The Bertz CT molecular complexity index is 323. The number of pyridine rings is 1. The molecule has 1 fully saturated rings. The molecule has 1 aliphatic rings. The monoisotopic (exact) mass is 203 g/mol. The molecule has 0 aromatic carbocycles. The Balaban J connectivity index is 2.31. The number of hydrogen-bond acceptors (Lipinski definition) is 1. The first-order chi connectivity index (χ1) is 6.18. The van der Waals surface area contributed by atoms with Crippen LogP contribution in [-0.2, 0) is 0 Å². The van der Waals surface area contributed by atoms with Crippen molar-refractivity contribution in [2.45, 2.75) is 25.2 Å². The third-order valence-electron chi connectivity index (χ3n) is 2.13. The first-order valence-corrected chi connectivity index (χ1v) is 4.51. The summed E-state index contributed by atoms with van der Waals surface area (Å²) in [6, 6.07) is 3.01. The van der Waals surface area contributed by atoms with Gasteiger partial charge in [-0.2, -0.15) is 0 Å². The van der Waals surface area contributed by atoms with Gasteiger partial charge in [0.05, 0.1) is 5.56 Å². The van der Waals surface area contributed by atoms with Gasteiger partial charge in [0.25, 0.3) is 6.43 Å². The zero-order valence-corrected chi connectivity index (χ0v) is 7.56. The van der Waals surface area contributed by atoms with Crippen molar-refractivity contribution in [3.63, 3.8) is 0 Å². The summed E-state index contributed by atoms with van der Waals surface area (Å²) in [4.78, 5) is 3.94. The Hall–Kier alpha value is -0.700. The van der Waals surface area contributed by atoms with Crippen LogP contribution in [0.2, 0.25) is 5.15 Å². The van der Waals surface area contributed by atoms with Crippen LogP contribution in [0.25, 0.3) is 0 Å². The Morgan fingerprint density at radius 1 is 1.38 bits per heavy atom. The summed E-state index contributed by atoms with van der Waals surface area (Å²) in [5.74, 6) is 0.448. The Labute approximate surface area is 79.7 Å². The Morgan fingerprint density at radius 2 is 2.08 bits per heavy atom. The highest BCUT2D eigenvalue weighted by Crippen LogP contribution is 2.40. The van der Waals surface area contributed by atoms with E-state index in [1.807, 2.05) is 0 Å². The maximum atomic E-state index is 12.3. The first-order valence-electron chi connectivity index (χ1n) is 4.13. The molecule has 70 valence electrons. The number of nitrogens with zero attached hydrogens (tertiary/aromatic N) is 1. The van der Waals surface area contributed by atoms with Gasteiger partial charge >= 0.3 is 0 Å². The van der Waals surface area contributed by atoms with Crippen LogP contribution in [-0.4, -0.2) is 4.98 Å². The van der Waals surface area contributed by atoms with Crippen LogP contribution in [0.1, 0.15) is 36.4 Å². The van der Waals surface area contributed by atoms with Gasteiger partial charge in [-0.05, 0) is 25.0 Å². The van der Waals surface area contributed by atoms with Gasteiger partial charge in [0.2, 0.25) is 0 Å². The molecule has 0 atom stereocenters. The first kappa shape index (κ1) is 8.88. The van der Waals surface area contributed by atoms with Gasteiger partial charge in [-0.15, -0.1) is 0 Å². The third kappa shape index (κ3) is 1.80. The third-order valence-corrected chi connectivity index (χ3v) is 2.43. The molecule has 1 aliphatic carbocycles. The van der Waals surface area contributed by atoms with Gasteiger partial charge in [0, 0.05) is 11.6 Å². The lowest BCUT2D eigenvalue weighted by molar-refractivity contribution is 0.151. The number of halogens is 3. The van der Waals surface area contributed by atoms with Crippen LogP contribution in [0.4, 0.5) is 8.78 Å². The Morgan fingerprint density at radius 3 is 2.54 bits per heavy atom. The van der Waals surface area contributed by atoms with Crippen LogP contribution in [0.3, 0.4) is 0 Å². The van der Waals surface area contributed by atoms with E-state index in [-0.39, 0.29) is 10.7 Å². The molecule has 1 nitrogen and oxygen atoms in total. The zero-order chi connectivity index (χ0) is 9.42. The minimum Gasteiger partial charge on any atom is -0.240 e. The normalized spacial score (nSPS) is 16.6. The average molecular weight is 204 g/mol. The summed E-state index contributed by atoms with van der Waals surface area (Å²) in [6.07, 6.45) is -0.345. The van der Waals surface area contributed by atoms with Crippen LogP contribution >= 0.6 is 11.6 Å². The van der Waals surface area contributed by atoms with E-state index < -0.39 is 6.43 Å². The lowest BCUT2D eigenvalue weighted by atomic mass is 10.2. The average Bonchev–Trinajstić information content (AvgIpc) is 2.85. The highest BCUT2D eigenvalue weighted by atomic mass is 35.5. The van der Waals surface area contributed by atoms with E-state index in [1.165, 1.54) is 6.07 Å². The van der Waals surface area contributed by atoms with Crippen molar-refractivity contribution in [2.75, 3.05) is 0 Å². The smallest absolute Gasteiger partial charge is 0.240 e. The number of aromatic nitrogens is 1. The molecule has 0 aliphatic heterocycles. The number of rotatable bonds is 2. The minimum absolute atomic E-state index is 0.0561. The second kappa shape index (κ2) is 3.22. The zero-order valence-electron chi connectivity index (χ0n) is 6.80. The van der Waals surface area contributed by atoms with Crippen molar-refractivity contribution in [2.24, 2.45) is 0 Å². The van der Waals surface area contributed by atoms with Gasteiger partial charge < -0.3 is 0 Å². The number of hydrogen-bond donors (Lipinski definition) is 0. The fraction of sp³-hybridized carbons (Fsp3) is 0.444. The molecule has 0 unspecified atom stereocenters. The van der Waals surface area contributed by atoms with Gasteiger partial charge in [0.15, 0.2) is 0 Å². The molecule has 0 amide bonds. The summed E-state index contributed by atoms with van der Waals surface area (Å²) in [5, 5.41) is -0.0561. The van der Waals surface area contributed by atoms with Crippen LogP contribution in [0.5, 0.6) is 0 Å². The SMILES string of the molecule is FC(F)c1ccc(C2CC2)nc1Cl. The molecule has 0 saturated heterocycles. The van der Waals surface area contributed by atoms with E-state index in [0.29, 0.717) is 5.92 Å². The van der Waals surface area contributed by atoms with Crippen LogP contribution < -0.4 is 0 Å². The summed E-state index contributed by atoms with van der Waals surface area (Å²) < 4.78 is 24.5. The maximum absolute atomic E-state index is 12.3. The van der Waals surface area contributed by atoms with Crippen molar-refractivity contribution < 1.29 is 8.78 Å². The Kier molecular flexibility index (Phi) is 2.20. The fourth-order valence-corrected chi connectivity index (χ4v) is 1.47. The van der Waals surface area contributed by atoms with Crippen LogP contribution in [0, 0.1) is 0 Å². The van der Waals surface area contributed by atoms with Crippen molar-refractivity contribution in [3.8, 4) is 0 Å². The van der Waals surface area contributed by atoms with Gasteiger partial charge in [-0.1, -0.05) is 11.6 Å². The molecule has 0 N–H and O–H groups in total. The summed E-state index contributed by atoms with van der Waals surface area (Å²) >= 11 is 5.61. The summed E-state index contributed by atoms with van der Waals surface area (Å²) in [6.45, 7) is 0. The molecule has 2 rings (SSSR count). The van der Waals surface area contributed by atoms with E-state index in [2.05, 4.69) is 4.98 Å². The minimum atomic E-state index is -2.53. The van der Waals surface area contributed by atoms with E-state index in [4.69, 9.17) is 11.6 Å². The molecule has 1 aromatic heterocycles. The van der Waals surface area contributed by atoms with E-state index in [9.17, 15) is 8.78 Å². The number of alkyl halides is 2. The molecule has 0 spiro atoms. The van der Waals surface area contributed by atoms with Crippen molar-refractivity contribution >= 4 is 11.6 Å². The predicted molar refractivity (Wildman–Crippen MR) is 46.2 cm³/mol. The van der Waals surface area contributed by atoms with Crippen LogP contribution in [0.15, 0.2) is 12.1 Å². The molecule has 4 heteroatoms. The van der Waals surface area contributed by atoms with Gasteiger partial charge in [0.1, 0.15) is 5.15 Å². The lowest BCUT2D eigenvalue weighted by Gasteiger charge is -2.03. The van der Waals surface area contributed by atoms with Crippen molar-refractivity contribution in [1.82, 2.24) is 4.98 Å². The van der Waals surface area contributed by atoms with E-state index >= 15 is 0 Å². The molecule has 1 heterocycles. The van der Waals surface area contributed by atoms with E-state index in [1.54, 1.807) is 6.07 Å². The summed E-state index contributed by atoms with van der Waals surface area (Å²) in [5.41, 5.74) is 0.667. The van der Waals surface area contributed by atoms with E-state index in [0.717, 1.165) is 18.5 Å². The highest BCUT2D eigenvalue weighted by Gasteiger charge is 2.26. The fourth-order valence-electron chi connectivity index (χ4n) is 1.23. The van der Waals surface area contributed by atoms with Crippen molar-refractivity contribution in [3.05, 3.63) is 28.5 Å². The molecular weight excluding hydrogens is 196 g/mol. The highest BCUT2D eigenvalue weighted by molar-refractivity contribution is 6.30.